The molecule has 0 saturated carbocycles. The third-order valence-corrected chi connectivity index (χ3v) is 6.70. The lowest BCUT2D eigenvalue weighted by Crippen LogP contribution is -2.24. The van der Waals surface area contributed by atoms with Crippen LogP contribution in [0.1, 0.15) is 27.9 Å². The molecule has 0 fully saturated rings. The fourth-order valence-electron chi connectivity index (χ4n) is 4.54. The lowest BCUT2D eigenvalue weighted by atomic mass is 10.0. The molecule has 40 heavy (non-hydrogen) atoms. The molecule has 1 aliphatic rings. The number of hydrogen-bond donors (Lipinski definition) is 2. The summed E-state index contributed by atoms with van der Waals surface area (Å²) in [7, 11) is 4.25. The average Bonchev–Trinajstić information content (AvgIpc) is 3.06. The van der Waals surface area contributed by atoms with Gasteiger partial charge in [0.25, 0.3) is 0 Å². The number of nitrogen functional groups attached to an aromatic ring is 1. The Balaban J connectivity index is 0.000000222. The summed E-state index contributed by atoms with van der Waals surface area (Å²) in [6, 6.07) is 28.0. The Bertz CT molecular complexity index is 1410. The molecule has 0 unspecified atom stereocenters. The first kappa shape index (κ1) is 30.8. The van der Waals surface area contributed by atoms with E-state index in [9.17, 15) is 9.90 Å². The van der Waals surface area contributed by atoms with Crippen LogP contribution in [0.2, 0.25) is 5.02 Å². The van der Waals surface area contributed by atoms with Crippen molar-refractivity contribution in [1.29, 1.82) is 0 Å². The molecule has 3 N–H and O–H groups in total. The van der Waals surface area contributed by atoms with Crippen molar-refractivity contribution in [3.05, 3.63) is 113 Å². The molecule has 0 aliphatic carbocycles. The minimum atomic E-state index is -0.617. The topological polar surface area (TPSA) is 79.0 Å². The van der Waals surface area contributed by atoms with Gasteiger partial charge in [-0.1, -0.05) is 54.1 Å². The largest absolute Gasteiger partial charge is 0.507 e. The van der Waals surface area contributed by atoms with Gasteiger partial charge in [-0.15, -0.1) is 12.4 Å². The van der Waals surface area contributed by atoms with Gasteiger partial charge in [-0.3, -0.25) is 0 Å². The Morgan fingerprint density at radius 3 is 2.30 bits per heavy atom. The summed E-state index contributed by atoms with van der Waals surface area (Å²) in [5, 5.41) is 10.4. The SMILES string of the molecule is CN(C)CCCN1c2ccccc2CCc2ccc(Cl)cc21.Cl.Nc1ccc(C(=O)Oc2ccccc2)c(O)c1. The second-order valence-electron chi connectivity index (χ2n) is 9.69. The number of fused-ring (bicyclic) bond motifs is 2. The first-order valence-corrected chi connectivity index (χ1v) is 13.3. The number of esters is 1. The van der Waals surface area contributed by atoms with E-state index >= 15 is 0 Å². The van der Waals surface area contributed by atoms with Gasteiger partial charge in [-0.25, -0.2) is 4.79 Å². The highest BCUT2D eigenvalue weighted by molar-refractivity contribution is 6.30. The van der Waals surface area contributed by atoms with Crippen LogP contribution in [-0.2, 0) is 12.8 Å². The number of hydrogen-bond acceptors (Lipinski definition) is 6. The van der Waals surface area contributed by atoms with Gasteiger partial charge >= 0.3 is 5.97 Å². The first-order valence-electron chi connectivity index (χ1n) is 13.0. The zero-order valence-electron chi connectivity index (χ0n) is 22.7. The van der Waals surface area contributed by atoms with Crippen LogP contribution in [0.5, 0.6) is 11.5 Å². The van der Waals surface area contributed by atoms with Crippen LogP contribution in [0.4, 0.5) is 17.1 Å². The van der Waals surface area contributed by atoms with Crippen molar-refractivity contribution < 1.29 is 14.6 Å². The van der Waals surface area contributed by atoms with E-state index in [0.717, 1.165) is 37.4 Å². The van der Waals surface area contributed by atoms with E-state index in [-0.39, 0.29) is 23.7 Å². The highest BCUT2D eigenvalue weighted by Gasteiger charge is 2.20. The number of para-hydroxylation sites is 2. The highest BCUT2D eigenvalue weighted by atomic mass is 35.5. The summed E-state index contributed by atoms with van der Waals surface area (Å²) >= 11 is 6.27. The number of ether oxygens (including phenoxy) is 1. The summed E-state index contributed by atoms with van der Waals surface area (Å²) in [5.74, 6) is -0.381. The molecule has 0 bridgehead atoms. The lowest BCUT2D eigenvalue weighted by molar-refractivity contribution is 0.0731. The van der Waals surface area contributed by atoms with Gasteiger partial charge in [0.05, 0.1) is 0 Å². The number of halogens is 2. The molecule has 0 atom stereocenters. The van der Waals surface area contributed by atoms with Crippen LogP contribution in [0.25, 0.3) is 0 Å². The Labute approximate surface area is 247 Å². The normalized spacial score (nSPS) is 11.8. The molecule has 4 aromatic rings. The molecule has 6 nitrogen and oxygen atoms in total. The molecule has 1 aliphatic heterocycles. The van der Waals surface area contributed by atoms with Crippen molar-refractivity contribution in [2.45, 2.75) is 19.3 Å². The second kappa shape index (κ2) is 14.6. The molecule has 8 heteroatoms. The molecule has 0 amide bonds. The number of aryl methyl sites for hydroxylation is 2. The van der Waals surface area contributed by atoms with Crippen molar-refractivity contribution in [3.63, 3.8) is 0 Å². The molecule has 0 radical (unpaired) electrons. The van der Waals surface area contributed by atoms with E-state index in [2.05, 4.69) is 60.3 Å². The molecule has 0 aromatic heterocycles. The summed E-state index contributed by atoms with van der Waals surface area (Å²) < 4.78 is 5.08. The zero-order chi connectivity index (χ0) is 27.8. The zero-order valence-corrected chi connectivity index (χ0v) is 24.3. The number of aromatic hydroxyl groups is 1. The Morgan fingerprint density at radius 1 is 0.925 bits per heavy atom. The van der Waals surface area contributed by atoms with Crippen LogP contribution in [-0.4, -0.2) is 43.2 Å². The number of nitrogens with zero attached hydrogens (tertiary/aromatic N) is 2. The van der Waals surface area contributed by atoms with E-state index in [1.165, 1.54) is 40.7 Å². The van der Waals surface area contributed by atoms with Crippen molar-refractivity contribution in [3.8, 4) is 11.5 Å². The Hall–Kier alpha value is -3.71. The fourth-order valence-corrected chi connectivity index (χ4v) is 4.71. The molecule has 4 aromatic carbocycles. The van der Waals surface area contributed by atoms with Gasteiger partial charge in [0, 0.05) is 34.7 Å². The summed E-state index contributed by atoms with van der Waals surface area (Å²) in [4.78, 5) is 16.4. The number of carbonyl (C=O) groups is 1. The van der Waals surface area contributed by atoms with Crippen molar-refractivity contribution in [1.82, 2.24) is 4.90 Å². The molecule has 1 heterocycles. The molecule has 0 saturated heterocycles. The number of rotatable bonds is 6. The molecule has 5 rings (SSSR count). The molecular formula is C32H35Cl2N3O3. The smallest absolute Gasteiger partial charge is 0.347 e. The quantitative estimate of drug-likeness (QED) is 0.143. The number of benzene rings is 4. The molecule has 0 spiro atoms. The number of anilines is 3. The highest BCUT2D eigenvalue weighted by Crippen LogP contribution is 2.37. The lowest BCUT2D eigenvalue weighted by Gasteiger charge is -2.27. The minimum Gasteiger partial charge on any atom is -0.507 e. The van der Waals surface area contributed by atoms with Crippen LogP contribution >= 0.6 is 24.0 Å². The van der Waals surface area contributed by atoms with Crippen molar-refractivity contribution in [2.24, 2.45) is 0 Å². The Morgan fingerprint density at radius 2 is 1.60 bits per heavy atom. The van der Waals surface area contributed by atoms with Crippen LogP contribution in [0, 0.1) is 0 Å². The number of carbonyl (C=O) groups excluding carboxylic acids is 1. The van der Waals surface area contributed by atoms with Gasteiger partial charge in [-0.2, -0.15) is 0 Å². The second-order valence-corrected chi connectivity index (χ2v) is 10.1. The maximum Gasteiger partial charge on any atom is 0.347 e. The van der Waals surface area contributed by atoms with Crippen molar-refractivity contribution in [2.75, 3.05) is 37.8 Å². The van der Waals surface area contributed by atoms with E-state index < -0.39 is 5.97 Å². The van der Waals surface area contributed by atoms with Gasteiger partial charge in [-0.05, 0) is 93.5 Å². The molecular weight excluding hydrogens is 545 g/mol. The standard InChI is InChI=1S/C19H23ClN2.C13H11NO3.ClH/c1-21(2)12-5-13-22-18-7-4-3-6-15(18)8-9-16-10-11-17(20)14-19(16)22;14-9-6-7-11(12(15)8-9)13(16)17-10-4-2-1-3-5-10;/h3-4,6-7,10-11,14H,5,8-9,12-13H2,1-2H3;1-8,15H,14H2;1H. The van der Waals surface area contributed by atoms with Crippen LogP contribution < -0.4 is 15.4 Å². The van der Waals surface area contributed by atoms with Gasteiger partial charge in [0.15, 0.2) is 0 Å². The summed E-state index contributed by atoms with van der Waals surface area (Å²) in [6.07, 6.45) is 3.30. The first-order chi connectivity index (χ1) is 18.8. The number of phenolic OH excluding ortho intramolecular Hbond substituents is 1. The van der Waals surface area contributed by atoms with E-state index in [4.69, 9.17) is 22.1 Å². The third-order valence-electron chi connectivity index (χ3n) is 6.47. The van der Waals surface area contributed by atoms with Crippen molar-refractivity contribution >= 4 is 47.0 Å². The maximum atomic E-state index is 11.7. The van der Waals surface area contributed by atoms with Gasteiger partial charge in [0.2, 0.25) is 0 Å². The predicted molar refractivity (Wildman–Crippen MR) is 167 cm³/mol. The number of nitrogens with two attached hydrogens (primary N) is 1. The minimum absolute atomic E-state index is 0. The van der Waals surface area contributed by atoms with Gasteiger partial charge < -0.3 is 25.4 Å². The maximum absolute atomic E-state index is 11.7. The summed E-state index contributed by atoms with van der Waals surface area (Å²) in [6.45, 7) is 2.11. The Kier molecular flexibility index (Phi) is 11.3. The third kappa shape index (κ3) is 8.15. The fraction of sp³-hybridized carbons (Fsp3) is 0.219. The van der Waals surface area contributed by atoms with E-state index in [0.29, 0.717) is 11.4 Å². The number of phenols is 1. The van der Waals surface area contributed by atoms with E-state index in [1.807, 2.05) is 12.1 Å². The van der Waals surface area contributed by atoms with E-state index in [1.54, 1.807) is 24.3 Å². The monoisotopic (exact) mass is 579 g/mol. The predicted octanol–water partition coefficient (Wildman–Crippen LogP) is 7.14. The summed E-state index contributed by atoms with van der Waals surface area (Å²) in [5.41, 5.74) is 11.4. The van der Waals surface area contributed by atoms with Crippen LogP contribution in [0.15, 0.2) is 91.0 Å². The van der Waals surface area contributed by atoms with Crippen LogP contribution in [0.3, 0.4) is 0 Å². The van der Waals surface area contributed by atoms with Gasteiger partial charge in [0.1, 0.15) is 17.1 Å². The average molecular weight is 581 g/mol. The molecule has 210 valence electrons.